The molecule has 4 rings (SSSR count). The number of halogens is 3. The number of hydrogen-bond acceptors (Lipinski definition) is 4. The molecule has 0 spiro atoms. The average molecular weight is 482 g/mol. The van der Waals surface area contributed by atoms with Crippen LogP contribution in [0.5, 0.6) is 0 Å². The smallest absolute Gasteiger partial charge is 0.342 e. The summed E-state index contributed by atoms with van der Waals surface area (Å²) in [5.41, 5.74) is 1.85. The standard InChI is InChI=1S/C26H22F3N3OS/c27-26(28,29)20-11-9-18(10-12-20)21-15-23(19-7-3-1-4-8-19)31-25(22(21)16-30)34-17-24(33)32-13-5-2-6-14-32/h1,3-4,7-12,15H,2,5-6,13-14,17H2. The van der Waals surface area contributed by atoms with Gasteiger partial charge in [-0.05, 0) is 43.0 Å². The molecule has 0 N–H and O–H groups in total. The fourth-order valence-corrected chi connectivity index (χ4v) is 4.83. The maximum atomic E-state index is 13.0. The number of carbonyl (C=O) groups excluding carboxylic acids is 1. The van der Waals surface area contributed by atoms with Gasteiger partial charge in [-0.1, -0.05) is 54.2 Å². The van der Waals surface area contributed by atoms with Crippen LogP contribution in [0.4, 0.5) is 13.2 Å². The number of carbonyl (C=O) groups is 1. The number of thioether (sulfide) groups is 1. The zero-order valence-electron chi connectivity index (χ0n) is 18.3. The van der Waals surface area contributed by atoms with Gasteiger partial charge in [0.15, 0.2) is 0 Å². The van der Waals surface area contributed by atoms with Crippen LogP contribution in [0.3, 0.4) is 0 Å². The molecule has 174 valence electrons. The topological polar surface area (TPSA) is 57.0 Å². The predicted octanol–water partition coefficient (Wildman–Crippen LogP) is 6.41. The third-order valence-corrected chi connectivity index (χ3v) is 6.69. The summed E-state index contributed by atoms with van der Waals surface area (Å²) in [6.07, 6.45) is -1.36. The third-order valence-electron chi connectivity index (χ3n) is 5.73. The van der Waals surface area contributed by atoms with Gasteiger partial charge in [-0.2, -0.15) is 18.4 Å². The lowest BCUT2D eigenvalue weighted by molar-refractivity contribution is -0.137. The summed E-state index contributed by atoms with van der Waals surface area (Å²) < 4.78 is 39.1. The summed E-state index contributed by atoms with van der Waals surface area (Å²) in [5.74, 6) is 0.142. The third kappa shape index (κ3) is 5.42. The Hall–Kier alpha value is -3.31. The van der Waals surface area contributed by atoms with Gasteiger partial charge in [0.25, 0.3) is 0 Å². The molecule has 1 aliphatic heterocycles. The summed E-state index contributed by atoms with van der Waals surface area (Å²) in [5, 5.41) is 10.3. The molecule has 1 fully saturated rings. The van der Waals surface area contributed by atoms with Crippen molar-refractivity contribution in [2.24, 2.45) is 0 Å². The van der Waals surface area contributed by atoms with E-state index < -0.39 is 11.7 Å². The minimum atomic E-state index is -4.44. The summed E-state index contributed by atoms with van der Waals surface area (Å²) in [6.45, 7) is 1.47. The number of aromatic nitrogens is 1. The van der Waals surface area contributed by atoms with Crippen molar-refractivity contribution in [1.29, 1.82) is 5.26 Å². The number of rotatable bonds is 5. The largest absolute Gasteiger partial charge is 0.416 e. The second kappa shape index (κ2) is 10.3. The van der Waals surface area contributed by atoms with Crippen molar-refractivity contribution in [2.45, 2.75) is 30.5 Å². The molecule has 0 saturated carbocycles. The van der Waals surface area contributed by atoms with E-state index in [9.17, 15) is 23.2 Å². The number of amides is 1. The lowest BCUT2D eigenvalue weighted by Crippen LogP contribution is -2.36. The maximum Gasteiger partial charge on any atom is 0.416 e. The van der Waals surface area contributed by atoms with Crippen LogP contribution in [0.15, 0.2) is 65.7 Å². The second-order valence-corrected chi connectivity index (χ2v) is 8.98. The first-order valence-electron chi connectivity index (χ1n) is 11.0. The summed E-state index contributed by atoms with van der Waals surface area (Å²) in [7, 11) is 0. The van der Waals surface area contributed by atoms with E-state index in [0.717, 1.165) is 50.0 Å². The lowest BCUT2D eigenvalue weighted by Gasteiger charge is -2.26. The van der Waals surface area contributed by atoms with Crippen LogP contribution < -0.4 is 0 Å². The quantitative estimate of drug-likeness (QED) is 0.395. The number of likely N-dealkylation sites (tertiary alicyclic amines) is 1. The Balaban J connectivity index is 1.72. The molecule has 0 radical (unpaired) electrons. The van der Waals surface area contributed by atoms with Gasteiger partial charge in [0.1, 0.15) is 11.1 Å². The highest BCUT2D eigenvalue weighted by atomic mass is 32.2. The first kappa shape index (κ1) is 23.8. The Kier molecular flexibility index (Phi) is 7.23. The van der Waals surface area contributed by atoms with Gasteiger partial charge in [-0.25, -0.2) is 4.98 Å². The van der Waals surface area contributed by atoms with Crippen molar-refractivity contribution < 1.29 is 18.0 Å². The first-order valence-corrected chi connectivity index (χ1v) is 11.9. The average Bonchev–Trinajstić information content (AvgIpc) is 2.87. The number of piperidine rings is 1. The molecule has 0 unspecified atom stereocenters. The van der Waals surface area contributed by atoms with E-state index >= 15 is 0 Å². The van der Waals surface area contributed by atoms with Gasteiger partial charge in [0.2, 0.25) is 5.91 Å². The number of benzene rings is 2. The molecule has 1 aliphatic rings. The van der Waals surface area contributed by atoms with Gasteiger partial charge < -0.3 is 4.90 Å². The Morgan fingerprint density at radius 1 is 1.00 bits per heavy atom. The molecule has 1 aromatic heterocycles. The Morgan fingerprint density at radius 2 is 1.68 bits per heavy atom. The zero-order chi connectivity index (χ0) is 24.1. The molecule has 2 heterocycles. The number of hydrogen-bond donors (Lipinski definition) is 0. The Labute approximate surface area is 200 Å². The molecular weight excluding hydrogens is 459 g/mol. The number of nitriles is 1. The minimum Gasteiger partial charge on any atom is -0.342 e. The highest BCUT2D eigenvalue weighted by Gasteiger charge is 2.30. The highest BCUT2D eigenvalue weighted by Crippen LogP contribution is 2.36. The van der Waals surface area contributed by atoms with Crippen LogP contribution in [-0.2, 0) is 11.0 Å². The van der Waals surface area contributed by atoms with E-state index in [1.165, 1.54) is 23.9 Å². The fraction of sp³-hybridized carbons (Fsp3) is 0.269. The molecule has 34 heavy (non-hydrogen) atoms. The van der Waals surface area contributed by atoms with E-state index in [4.69, 9.17) is 0 Å². The SMILES string of the molecule is N#Cc1c(-c2ccc(C(F)(F)F)cc2)cc(-c2ccccc2)nc1SCC(=O)N1CCCCC1. The zero-order valence-corrected chi connectivity index (χ0v) is 19.1. The van der Waals surface area contributed by atoms with E-state index in [1.807, 2.05) is 35.2 Å². The van der Waals surface area contributed by atoms with Crippen LogP contribution in [0.1, 0.15) is 30.4 Å². The van der Waals surface area contributed by atoms with Gasteiger partial charge in [-0.15, -0.1) is 0 Å². The molecule has 2 aromatic carbocycles. The summed E-state index contributed by atoms with van der Waals surface area (Å²) in [6, 6.07) is 18.0. The summed E-state index contributed by atoms with van der Waals surface area (Å²) >= 11 is 1.19. The van der Waals surface area contributed by atoms with Gasteiger partial charge in [0.05, 0.1) is 22.6 Å². The molecule has 0 bridgehead atoms. The molecule has 4 nitrogen and oxygen atoms in total. The molecule has 8 heteroatoms. The first-order chi connectivity index (χ1) is 16.4. The molecular formula is C26H22F3N3OS. The molecule has 0 atom stereocenters. The number of pyridine rings is 1. The molecule has 1 saturated heterocycles. The van der Waals surface area contributed by atoms with Gasteiger partial charge in [0, 0.05) is 24.2 Å². The lowest BCUT2D eigenvalue weighted by atomic mass is 9.98. The summed E-state index contributed by atoms with van der Waals surface area (Å²) in [4.78, 5) is 19.2. The predicted molar refractivity (Wildman–Crippen MR) is 126 cm³/mol. The minimum absolute atomic E-state index is 0.00316. The fourth-order valence-electron chi connectivity index (χ4n) is 3.92. The van der Waals surface area contributed by atoms with Crippen LogP contribution in [0.25, 0.3) is 22.4 Å². The van der Waals surface area contributed by atoms with Gasteiger partial charge >= 0.3 is 6.18 Å². The molecule has 0 aliphatic carbocycles. The van der Waals surface area contributed by atoms with Crippen LogP contribution in [0, 0.1) is 11.3 Å². The van der Waals surface area contributed by atoms with Crippen LogP contribution in [0.2, 0.25) is 0 Å². The number of alkyl halides is 3. The van der Waals surface area contributed by atoms with E-state index in [0.29, 0.717) is 21.8 Å². The molecule has 1 amide bonds. The normalized spacial score (nSPS) is 14.0. The second-order valence-electron chi connectivity index (χ2n) is 8.02. The Bertz CT molecular complexity index is 1200. The van der Waals surface area contributed by atoms with Crippen LogP contribution in [-0.4, -0.2) is 34.6 Å². The number of nitrogens with zero attached hydrogens (tertiary/aromatic N) is 3. The van der Waals surface area contributed by atoms with Crippen molar-refractivity contribution in [2.75, 3.05) is 18.8 Å². The van der Waals surface area contributed by atoms with E-state index in [2.05, 4.69) is 11.1 Å². The molecule has 3 aromatic rings. The van der Waals surface area contributed by atoms with Crippen molar-refractivity contribution in [1.82, 2.24) is 9.88 Å². The van der Waals surface area contributed by atoms with Crippen molar-refractivity contribution in [3.8, 4) is 28.5 Å². The van der Waals surface area contributed by atoms with Crippen molar-refractivity contribution in [3.05, 3.63) is 71.8 Å². The monoisotopic (exact) mass is 481 g/mol. The highest BCUT2D eigenvalue weighted by molar-refractivity contribution is 8.00. The van der Waals surface area contributed by atoms with E-state index in [1.54, 1.807) is 6.07 Å². The van der Waals surface area contributed by atoms with Crippen molar-refractivity contribution in [3.63, 3.8) is 0 Å². The Morgan fingerprint density at radius 3 is 2.29 bits per heavy atom. The van der Waals surface area contributed by atoms with Crippen molar-refractivity contribution >= 4 is 17.7 Å². The van der Waals surface area contributed by atoms with E-state index in [-0.39, 0.29) is 17.2 Å². The van der Waals surface area contributed by atoms with Gasteiger partial charge in [-0.3, -0.25) is 4.79 Å². The maximum absolute atomic E-state index is 13.0. The van der Waals surface area contributed by atoms with Crippen LogP contribution >= 0.6 is 11.8 Å².